The molecule has 7 nitrogen and oxygen atoms in total. The second-order valence-corrected chi connectivity index (χ2v) is 8.48. The number of carboxylic acid groups (broad SMARTS) is 1. The van der Waals surface area contributed by atoms with E-state index in [0.29, 0.717) is 16.8 Å². The molecule has 0 radical (unpaired) electrons. The number of hydrogen-bond donors (Lipinski definition) is 5. The lowest BCUT2D eigenvalue weighted by molar-refractivity contribution is -0.136. The Morgan fingerprint density at radius 3 is 2.24 bits per heavy atom. The van der Waals surface area contributed by atoms with E-state index >= 15 is 0 Å². The SMILES string of the molecule is O=C(O)Cc1ccc(-c2cccc(NC(=O)c3cccc(-c4c(O)cc(O)cc4O)c3)c2)s1. The first kappa shape index (κ1) is 21.9. The highest BCUT2D eigenvalue weighted by molar-refractivity contribution is 7.15. The number of rotatable bonds is 6. The molecule has 0 unspecified atom stereocenters. The van der Waals surface area contributed by atoms with Crippen LogP contribution in [0.3, 0.4) is 0 Å². The average Bonchev–Trinajstić information content (AvgIpc) is 3.21. The lowest BCUT2D eigenvalue weighted by Gasteiger charge is -2.11. The number of aliphatic carboxylic acids is 1. The molecule has 0 aliphatic carbocycles. The number of carbonyl (C=O) groups excluding carboxylic acids is 1. The summed E-state index contributed by atoms with van der Waals surface area (Å²) in [5.74, 6) is -2.17. The first-order valence-electron chi connectivity index (χ1n) is 9.88. The van der Waals surface area contributed by atoms with Gasteiger partial charge in [-0.2, -0.15) is 0 Å². The van der Waals surface area contributed by atoms with Crippen molar-refractivity contribution in [3.8, 4) is 38.8 Å². The lowest BCUT2D eigenvalue weighted by atomic mass is 10.0. The molecule has 0 saturated heterocycles. The maximum atomic E-state index is 12.9. The van der Waals surface area contributed by atoms with Gasteiger partial charge in [-0.25, -0.2) is 0 Å². The summed E-state index contributed by atoms with van der Waals surface area (Å²) >= 11 is 1.38. The zero-order valence-corrected chi connectivity index (χ0v) is 18.0. The summed E-state index contributed by atoms with van der Waals surface area (Å²) in [6.07, 6.45) is -0.0381. The maximum Gasteiger partial charge on any atom is 0.308 e. The molecule has 1 aromatic heterocycles. The Balaban J connectivity index is 1.56. The number of hydrogen-bond acceptors (Lipinski definition) is 6. The van der Waals surface area contributed by atoms with Gasteiger partial charge in [-0.05, 0) is 47.5 Å². The van der Waals surface area contributed by atoms with Crippen LogP contribution in [0.25, 0.3) is 21.6 Å². The summed E-state index contributed by atoms with van der Waals surface area (Å²) in [6, 6.07) is 19.5. The normalized spacial score (nSPS) is 10.7. The molecule has 0 bridgehead atoms. The third-order valence-electron chi connectivity index (χ3n) is 4.89. The Morgan fingerprint density at radius 2 is 1.52 bits per heavy atom. The minimum atomic E-state index is -0.888. The number of aromatic hydroxyl groups is 3. The Kier molecular flexibility index (Phi) is 6.01. The van der Waals surface area contributed by atoms with Crippen molar-refractivity contribution in [3.63, 3.8) is 0 Å². The van der Waals surface area contributed by atoms with Gasteiger partial charge in [-0.3, -0.25) is 9.59 Å². The molecule has 0 spiro atoms. The zero-order valence-electron chi connectivity index (χ0n) is 17.1. The first-order chi connectivity index (χ1) is 15.8. The van der Waals surface area contributed by atoms with Gasteiger partial charge in [0, 0.05) is 33.1 Å². The van der Waals surface area contributed by atoms with E-state index in [4.69, 9.17) is 5.11 Å². The molecular formula is C25H19NO6S. The van der Waals surface area contributed by atoms with Crippen molar-refractivity contribution >= 4 is 28.9 Å². The second-order valence-electron chi connectivity index (χ2n) is 7.31. The molecular weight excluding hydrogens is 442 g/mol. The van der Waals surface area contributed by atoms with Crippen molar-refractivity contribution in [3.05, 3.63) is 83.2 Å². The molecule has 0 aliphatic heterocycles. The second kappa shape index (κ2) is 9.05. The van der Waals surface area contributed by atoms with Crippen LogP contribution in [0.1, 0.15) is 15.2 Å². The van der Waals surface area contributed by atoms with Gasteiger partial charge >= 0.3 is 5.97 Å². The van der Waals surface area contributed by atoms with E-state index in [9.17, 15) is 24.9 Å². The molecule has 0 saturated carbocycles. The third-order valence-corrected chi connectivity index (χ3v) is 6.02. The number of carboxylic acids is 1. The van der Waals surface area contributed by atoms with Crippen LogP contribution in [-0.2, 0) is 11.2 Å². The summed E-state index contributed by atoms with van der Waals surface area (Å²) < 4.78 is 0. The van der Waals surface area contributed by atoms with Crippen molar-refractivity contribution in [2.45, 2.75) is 6.42 Å². The zero-order chi connectivity index (χ0) is 23.5. The molecule has 0 fully saturated rings. The van der Waals surface area contributed by atoms with Gasteiger partial charge < -0.3 is 25.7 Å². The van der Waals surface area contributed by atoms with Crippen LogP contribution >= 0.6 is 11.3 Å². The number of thiophene rings is 1. The van der Waals surface area contributed by atoms with Crippen LogP contribution in [0.2, 0.25) is 0 Å². The molecule has 33 heavy (non-hydrogen) atoms. The fourth-order valence-electron chi connectivity index (χ4n) is 3.44. The number of carbonyl (C=O) groups is 2. The number of anilines is 1. The van der Waals surface area contributed by atoms with E-state index in [1.807, 2.05) is 12.1 Å². The molecule has 8 heteroatoms. The molecule has 1 heterocycles. The third kappa shape index (κ3) is 4.97. The van der Waals surface area contributed by atoms with E-state index < -0.39 is 5.97 Å². The predicted octanol–water partition coefficient (Wildman–Crippen LogP) is 5.08. The van der Waals surface area contributed by atoms with E-state index in [1.54, 1.807) is 42.5 Å². The number of benzene rings is 3. The van der Waals surface area contributed by atoms with Crippen molar-refractivity contribution in [2.24, 2.45) is 0 Å². The standard InChI is InChI=1S/C25H19NO6S/c27-18-11-20(28)24(21(29)12-18)15-4-1-5-16(9-15)25(32)26-17-6-2-3-14(10-17)22-8-7-19(33-22)13-23(30)31/h1-12,27-29H,13H2,(H,26,32)(H,30,31). The molecule has 166 valence electrons. The topological polar surface area (TPSA) is 127 Å². The number of amides is 1. The van der Waals surface area contributed by atoms with E-state index in [1.165, 1.54) is 17.4 Å². The Labute approximate surface area is 192 Å². The van der Waals surface area contributed by atoms with Crippen LogP contribution in [0.5, 0.6) is 17.2 Å². The number of nitrogens with one attached hydrogen (secondary N) is 1. The molecule has 1 amide bonds. The smallest absolute Gasteiger partial charge is 0.308 e. The highest BCUT2D eigenvalue weighted by atomic mass is 32.1. The van der Waals surface area contributed by atoms with Gasteiger partial charge in [0.05, 0.1) is 12.0 Å². The quantitative estimate of drug-likeness (QED) is 0.273. The summed E-state index contributed by atoms with van der Waals surface area (Å²) in [5.41, 5.74) is 2.24. The van der Waals surface area contributed by atoms with Crippen LogP contribution in [-0.4, -0.2) is 32.3 Å². The van der Waals surface area contributed by atoms with Crippen LogP contribution in [0.4, 0.5) is 5.69 Å². The summed E-state index contributed by atoms with van der Waals surface area (Å²) in [5, 5.41) is 41.5. The van der Waals surface area contributed by atoms with Crippen LogP contribution in [0, 0.1) is 0 Å². The maximum absolute atomic E-state index is 12.9. The molecule has 0 aliphatic rings. The highest BCUT2D eigenvalue weighted by Gasteiger charge is 2.15. The van der Waals surface area contributed by atoms with Crippen molar-refractivity contribution < 1.29 is 30.0 Å². The van der Waals surface area contributed by atoms with E-state index in [-0.39, 0.29) is 35.1 Å². The van der Waals surface area contributed by atoms with Crippen molar-refractivity contribution in [1.82, 2.24) is 0 Å². The molecule has 3 aromatic carbocycles. The lowest BCUT2D eigenvalue weighted by Crippen LogP contribution is -2.11. The summed E-state index contributed by atoms with van der Waals surface area (Å²) in [6.45, 7) is 0. The number of phenolic OH excluding ortho intramolecular Hbond substituents is 3. The van der Waals surface area contributed by atoms with E-state index in [2.05, 4.69) is 5.32 Å². The van der Waals surface area contributed by atoms with Crippen molar-refractivity contribution in [1.29, 1.82) is 0 Å². The van der Waals surface area contributed by atoms with Gasteiger partial charge in [0.2, 0.25) is 0 Å². The fourth-order valence-corrected chi connectivity index (χ4v) is 4.43. The first-order valence-corrected chi connectivity index (χ1v) is 10.7. The van der Waals surface area contributed by atoms with Gasteiger partial charge in [0.25, 0.3) is 5.91 Å². The Morgan fingerprint density at radius 1 is 0.818 bits per heavy atom. The monoisotopic (exact) mass is 461 g/mol. The summed E-state index contributed by atoms with van der Waals surface area (Å²) in [4.78, 5) is 25.4. The van der Waals surface area contributed by atoms with Crippen LogP contribution < -0.4 is 5.32 Å². The average molecular weight is 461 g/mol. The minimum absolute atomic E-state index is 0.0381. The highest BCUT2D eigenvalue weighted by Crippen LogP contribution is 2.40. The van der Waals surface area contributed by atoms with Gasteiger partial charge in [0.1, 0.15) is 17.2 Å². The Hall–Kier alpha value is -4.30. The predicted molar refractivity (Wildman–Crippen MR) is 126 cm³/mol. The Bertz CT molecular complexity index is 1340. The molecule has 4 aromatic rings. The van der Waals surface area contributed by atoms with E-state index in [0.717, 1.165) is 27.5 Å². The molecule has 0 atom stereocenters. The van der Waals surface area contributed by atoms with Gasteiger partial charge in [-0.1, -0.05) is 24.3 Å². The van der Waals surface area contributed by atoms with Crippen LogP contribution in [0.15, 0.2) is 72.8 Å². The molecule has 5 N–H and O–H groups in total. The van der Waals surface area contributed by atoms with Crippen molar-refractivity contribution in [2.75, 3.05) is 5.32 Å². The number of phenols is 3. The minimum Gasteiger partial charge on any atom is -0.508 e. The largest absolute Gasteiger partial charge is 0.508 e. The summed E-state index contributed by atoms with van der Waals surface area (Å²) in [7, 11) is 0. The van der Waals surface area contributed by atoms with Gasteiger partial charge in [0.15, 0.2) is 0 Å². The van der Waals surface area contributed by atoms with Gasteiger partial charge in [-0.15, -0.1) is 11.3 Å². The fraction of sp³-hybridized carbons (Fsp3) is 0.0400. The molecule has 4 rings (SSSR count).